The van der Waals surface area contributed by atoms with Crippen molar-refractivity contribution in [2.45, 2.75) is 6.42 Å². The van der Waals surface area contributed by atoms with Gasteiger partial charge in [-0.3, -0.25) is 4.79 Å². The lowest BCUT2D eigenvalue weighted by molar-refractivity contribution is -0.120. The molecule has 1 N–H and O–H groups in total. The van der Waals surface area contributed by atoms with Crippen LogP contribution in [0.2, 0.25) is 0 Å². The fourth-order valence-electron chi connectivity index (χ4n) is 3.31. The number of carbonyl (C=O) groups is 1. The van der Waals surface area contributed by atoms with E-state index in [4.69, 9.17) is 0 Å². The number of aryl methyl sites for hydroxylation is 1. The van der Waals surface area contributed by atoms with Gasteiger partial charge in [0.1, 0.15) is 0 Å². The summed E-state index contributed by atoms with van der Waals surface area (Å²) in [4.78, 5) is 12.3. The van der Waals surface area contributed by atoms with E-state index >= 15 is 0 Å². The van der Waals surface area contributed by atoms with Crippen LogP contribution >= 0.6 is 0 Å². The van der Waals surface area contributed by atoms with Gasteiger partial charge in [-0.25, -0.2) is 5.43 Å². The van der Waals surface area contributed by atoms with Gasteiger partial charge < -0.3 is 4.57 Å². The van der Waals surface area contributed by atoms with Gasteiger partial charge in [-0.1, -0.05) is 60.7 Å². The molecule has 0 saturated carbocycles. The summed E-state index contributed by atoms with van der Waals surface area (Å²) in [7, 11) is 2.00. The van der Waals surface area contributed by atoms with Crippen LogP contribution in [-0.2, 0) is 18.3 Å². The topological polar surface area (TPSA) is 46.4 Å². The summed E-state index contributed by atoms with van der Waals surface area (Å²) in [5.41, 5.74) is 5.76. The van der Waals surface area contributed by atoms with Gasteiger partial charge in [0.2, 0.25) is 5.91 Å². The van der Waals surface area contributed by atoms with Crippen molar-refractivity contribution in [1.82, 2.24) is 9.99 Å². The maximum absolute atomic E-state index is 12.3. The Morgan fingerprint density at radius 2 is 1.73 bits per heavy atom. The normalized spacial score (nSPS) is 11.4. The van der Waals surface area contributed by atoms with Crippen molar-refractivity contribution in [3.05, 3.63) is 84.1 Å². The predicted octanol–water partition coefficient (Wildman–Crippen LogP) is 4.02. The molecule has 4 aromatic rings. The van der Waals surface area contributed by atoms with Gasteiger partial charge in [0, 0.05) is 29.7 Å². The van der Waals surface area contributed by atoms with Gasteiger partial charge in [0.05, 0.1) is 12.6 Å². The van der Waals surface area contributed by atoms with E-state index in [1.807, 2.05) is 55.7 Å². The van der Waals surface area contributed by atoms with E-state index in [2.05, 4.69) is 39.4 Å². The molecule has 0 radical (unpaired) electrons. The molecule has 1 aromatic heterocycles. The molecule has 0 saturated heterocycles. The Labute approximate surface area is 151 Å². The second-order valence-corrected chi connectivity index (χ2v) is 6.32. The van der Waals surface area contributed by atoms with Gasteiger partial charge in [-0.05, 0) is 22.4 Å². The minimum atomic E-state index is -0.127. The number of carbonyl (C=O) groups excluding carboxylic acids is 1. The summed E-state index contributed by atoms with van der Waals surface area (Å²) in [5.74, 6) is -0.127. The number of amides is 1. The smallest absolute Gasteiger partial charge is 0.244 e. The van der Waals surface area contributed by atoms with Crippen molar-refractivity contribution in [1.29, 1.82) is 0 Å². The number of hydrazone groups is 1. The molecule has 0 aliphatic heterocycles. The van der Waals surface area contributed by atoms with Crippen molar-refractivity contribution in [2.24, 2.45) is 12.1 Å². The summed E-state index contributed by atoms with van der Waals surface area (Å²) in [6.07, 6.45) is 4.00. The number of rotatable bonds is 4. The standard InChI is InChI=1S/C22H19N3O/c1-25-15-18(20-11-4-5-12-21(20)25)14-23-24-22(26)13-17-9-6-8-16-7-2-3-10-19(16)17/h2-12,14-15H,13H2,1H3,(H,24,26)/b23-14-. The van der Waals surface area contributed by atoms with E-state index < -0.39 is 0 Å². The molecule has 0 aliphatic rings. The van der Waals surface area contributed by atoms with Crippen LogP contribution in [0.25, 0.3) is 21.7 Å². The molecule has 4 rings (SSSR count). The van der Waals surface area contributed by atoms with Crippen LogP contribution in [0.4, 0.5) is 0 Å². The van der Waals surface area contributed by atoms with Crippen LogP contribution < -0.4 is 5.43 Å². The second-order valence-electron chi connectivity index (χ2n) is 6.32. The third-order valence-corrected chi connectivity index (χ3v) is 4.55. The van der Waals surface area contributed by atoms with Crippen molar-refractivity contribution >= 4 is 33.8 Å². The maximum atomic E-state index is 12.3. The first-order valence-corrected chi connectivity index (χ1v) is 8.55. The fraction of sp³-hybridized carbons (Fsp3) is 0.0909. The molecular weight excluding hydrogens is 322 g/mol. The van der Waals surface area contributed by atoms with Crippen LogP contribution in [0.3, 0.4) is 0 Å². The second kappa shape index (κ2) is 6.84. The van der Waals surface area contributed by atoms with Crippen molar-refractivity contribution in [2.75, 3.05) is 0 Å². The molecule has 0 bridgehead atoms. The highest BCUT2D eigenvalue weighted by Gasteiger charge is 2.07. The number of para-hydroxylation sites is 1. The lowest BCUT2D eigenvalue weighted by atomic mass is 10.0. The van der Waals surface area contributed by atoms with E-state index in [0.717, 1.165) is 32.8 Å². The number of benzene rings is 3. The zero-order valence-corrected chi connectivity index (χ0v) is 14.5. The average Bonchev–Trinajstić information content (AvgIpc) is 2.98. The van der Waals surface area contributed by atoms with E-state index in [9.17, 15) is 4.79 Å². The zero-order valence-electron chi connectivity index (χ0n) is 14.5. The molecule has 0 aliphatic carbocycles. The van der Waals surface area contributed by atoms with Gasteiger partial charge in [-0.15, -0.1) is 0 Å². The summed E-state index contributed by atoms with van der Waals surface area (Å²) in [5, 5.41) is 7.49. The van der Waals surface area contributed by atoms with Crippen LogP contribution in [0.1, 0.15) is 11.1 Å². The Morgan fingerprint density at radius 1 is 1.00 bits per heavy atom. The molecule has 4 heteroatoms. The molecule has 1 heterocycles. The Kier molecular flexibility index (Phi) is 4.23. The summed E-state index contributed by atoms with van der Waals surface area (Å²) < 4.78 is 2.05. The highest BCUT2D eigenvalue weighted by molar-refractivity contribution is 5.99. The molecule has 26 heavy (non-hydrogen) atoms. The van der Waals surface area contributed by atoms with Gasteiger partial charge >= 0.3 is 0 Å². The number of hydrogen-bond donors (Lipinski definition) is 1. The van der Waals surface area contributed by atoms with Gasteiger partial charge in [0.15, 0.2) is 0 Å². The first-order chi connectivity index (χ1) is 12.7. The van der Waals surface area contributed by atoms with Crippen molar-refractivity contribution in [3.63, 3.8) is 0 Å². The van der Waals surface area contributed by atoms with Gasteiger partial charge in [0.25, 0.3) is 0 Å². The number of hydrogen-bond acceptors (Lipinski definition) is 2. The quantitative estimate of drug-likeness (QED) is 0.442. The lowest BCUT2D eigenvalue weighted by Crippen LogP contribution is -2.19. The van der Waals surface area contributed by atoms with E-state index in [0.29, 0.717) is 6.42 Å². The van der Waals surface area contributed by atoms with Crippen LogP contribution in [0.5, 0.6) is 0 Å². The average molecular weight is 341 g/mol. The lowest BCUT2D eigenvalue weighted by Gasteiger charge is -2.05. The Bertz CT molecular complexity index is 1120. The first-order valence-electron chi connectivity index (χ1n) is 8.55. The molecule has 0 atom stereocenters. The molecule has 1 amide bonds. The predicted molar refractivity (Wildman–Crippen MR) is 106 cm³/mol. The summed E-state index contributed by atoms with van der Waals surface area (Å²) in [6.45, 7) is 0. The molecule has 3 aromatic carbocycles. The maximum Gasteiger partial charge on any atom is 0.244 e. The van der Waals surface area contributed by atoms with Crippen LogP contribution in [0, 0.1) is 0 Å². The summed E-state index contributed by atoms with van der Waals surface area (Å²) in [6, 6.07) is 22.2. The van der Waals surface area contributed by atoms with E-state index in [1.54, 1.807) is 6.21 Å². The highest BCUT2D eigenvalue weighted by atomic mass is 16.2. The molecule has 0 fully saturated rings. The van der Waals surface area contributed by atoms with E-state index in [1.165, 1.54) is 0 Å². The minimum Gasteiger partial charge on any atom is -0.350 e. The molecular formula is C22H19N3O. The first kappa shape index (κ1) is 16.1. The fourth-order valence-corrected chi connectivity index (χ4v) is 3.31. The van der Waals surface area contributed by atoms with Crippen LogP contribution in [0.15, 0.2) is 78.0 Å². The number of nitrogens with one attached hydrogen (secondary N) is 1. The highest BCUT2D eigenvalue weighted by Crippen LogP contribution is 2.19. The molecule has 0 spiro atoms. The Hall–Kier alpha value is -3.40. The largest absolute Gasteiger partial charge is 0.350 e. The third-order valence-electron chi connectivity index (χ3n) is 4.55. The number of aromatic nitrogens is 1. The number of nitrogens with zero attached hydrogens (tertiary/aromatic N) is 2. The number of fused-ring (bicyclic) bond motifs is 2. The van der Waals surface area contributed by atoms with E-state index in [-0.39, 0.29) is 5.91 Å². The zero-order chi connectivity index (χ0) is 17.9. The Balaban J connectivity index is 1.49. The third kappa shape index (κ3) is 3.09. The SMILES string of the molecule is Cn1cc(/C=N\NC(=O)Cc2cccc3ccccc23)c2ccccc21. The van der Waals surface area contributed by atoms with Gasteiger partial charge in [-0.2, -0.15) is 5.10 Å². The molecule has 0 unspecified atom stereocenters. The monoisotopic (exact) mass is 341 g/mol. The Morgan fingerprint density at radius 3 is 2.62 bits per heavy atom. The van der Waals surface area contributed by atoms with Crippen molar-refractivity contribution in [3.8, 4) is 0 Å². The summed E-state index contributed by atoms with van der Waals surface area (Å²) >= 11 is 0. The molecule has 128 valence electrons. The van der Waals surface area contributed by atoms with Crippen LogP contribution in [-0.4, -0.2) is 16.7 Å². The van der Waals surface area contributed by atoms with Crippen molar-refractivity contribution < 1.29 is 4.79 Å². The molecule has 4 nitrogen and oxygen atoms in total. The minimum absolute atomic E-state index is 0.127.